The molecule has 5 rings (SSSR count). The van der Waals surface area contributed by atoms with E-state index in [2.05, 4.69) is 31.4 Å². The lowest BCUT2D eigenvalue weighted by Gasteiger charge is -2.29. The average molecular weight is 405 g/mol. The number of oxazole rings is 1. The smallest absolute Gasteiger partial charge is 0.300 e. The third kappa shape index (κ3) is 3.56. The van der Waals surface area contributed by atoms with Crippen molar-refractivity contribution in [2.45, 2.75) is 6.54 Å². The van der Waals surface area contributed by atoms with Gasteiger partial charge in [0.15, 0.2) is 11.5 Å². The number of fused-ring (bicyclic) bond motifs is 1. The molecule has 0 atom stereocenters. The number of nitrogens with one attached hydrogen (secondary N) is 4. The molecule has 154 valence electrons. The molecule has 3 aromatic rings. The van der Waals surface area contributed by atoms with Gasteiger partial charge in [0, 0.05) is 49.7 Å². The van der Waals surface area contributed by atoms with Crippen LogP contribution in [0.15, 0.2) is 46.9 Å². The van der Waals surface area contributed by atoms with Crippen LogP contribution in [0.1, 0.15) is 16.1 Å². The summed E-state index contributed by atoms with van der Waals surface area (Å²) in [6.45, 7) is 4.61. The summed E-state index contributed by atoms with van der Waals surface area (Å²) in [5, 5.41) is 6.47. The minimum Gasteiger partial charge on any atom is -0.422 e. The van der Waals surface area contributed by atoms with Gasteiger partial charge in [-0.25, -0.2) is 5.43 Å². The minimum atomic E-state index is -0.629. The van der Waals surface area contributed by atoms with Gasteiger partial charge in [0.25, 0.3) is 11.9 Å². The number of primary amides is 1. The monoisotopic (exact) mass is 405 g/mol. The van der Waals surface area contributed by atoms with E-state index in [9.17, 15) is 4.79 Å². The van der Waals surface area contributed by atoms with Crippen LogP contribution in [0.3, 0.4) is 0 Å². The molecule has 30 heavy (non-hydrogen) atoms. The van der Waals surface area contributed by atoms with Gasteiger partial charge in [-0.15, -0.1) is 0 Å². The molecule has 0 spiro atoms. The van der Waals surface area contributed by atoms with E-state index in [-0.39, 0.29) is 11.7 Å². The van der Waals surface area contributed by atoms with E-state index in [1.54, 1.807) is 0 Å². The van der Waals surface area contributed by atoms with Crippen molar-refractivity contribution in [3.8, 4) is 11.3 Å². The first kappa shape index (κ1) is 18.5. The van der Waals surface area contributed by atoms with Gasteiger partial charge in [0.05, 0.1) is 5.69 Å². The molecule has 0 radical (unpaired) electrons. The molecule has 6 N–H and O–H groups in total. The van der Waals surface area contributed by atoms with Crippen molar-refractivity contribution in [1.29, 1.82) is 0 Å². The summed E-state index contributed by atoms with van der Waals surface area (Å²) in [7, 11) is 0. The van der Waals surface area contributed by atoms with Crippen molar-refractivity contribution in [1.82, 2.24) is 15.7 Å². The number of benzene rings is 2. The Morgan fingerprint density at radius 1 is 1.13 bits per heavy atom. The highest BCUT2D eigenvalue weighted by Gasteiger charge is 2.21. The number of rotatable bonds is 5. The van der Waals surface area contributed by atoms with E-state index in [0.29, 0.717) is 5.76 Å². The molecule has 1 saturated heterocycles. The second-order valence-corrected chi connectivity index (χ2v) is 7.32. The van der Waals surface area contributed by atoms with Gasteiger partial charge in [0.1, 0.15) is 0 Å². The number of amides is 1. The fourth-order valence-corrected chi connectivity index (χ4v) is 3.78. The van der Waals surface area contributed by atoms with Gasteiger partial charge in [-0.05, 0) is 48.0 Å². The number of anilines is 4. The second-order valence-electron chi connectivity index (χ2n) is 7.32. The van der Waals surface area contributed by atoms with Crippen molar-refractivity contribution < 1.29 is 9.21 Å². The van der Waals surface area contributed by atoms with Crippen molar-refractivity contribution in [2.75, 3.05) is 41.8 Å². The van der Waals surface area contributed by atoms with Crippen LogP contribution >= 0.6 is 0 Å². The van der Waals surface area contributed by atoms with Crippen LogP contribution in [0, 0.1) is 0 Å². The summed E-state index contributed by atoms with van der Waals surface area (Å²) in [5.41, 5.74) is 16.7. The summed E-state index contributed by atoms with van der Waals surface area (Å²) < 4.78 is 5.89. The molecule has 9 nitrogen and oxygen atoms in total. The minimum absolute atomic E-state index is 0.108. The zero-order chi connectivity index (χ0) is 20.5. The topological polar surface area (TPSA) is 120 Å². The lowest BCUT2D eigenvalue weighted by Crippen LogP contribution is -2.43. The molecule has 1 aromatic heterocycles. The predicted molar refractivity (Wildman–Crippen MR) is 116 cm³/mol. The van der Waals surface area contributed by atoms with Gasteiger partial charge in [-0.1, -0.05) is 0 Å². The number of carbonyl (C=O) groups excluding carboxylic acids is 1. The summed E-state index contributed by atoms with van der Waals surface area (Å²) in [6, 6.07) is 14.0. The maximum absolute atomic E-state index is 12.0. The van der Waals surface area contributed by atoms with Crippen molar-refractivity contribution in [2.24, 2.45) is 5.73 Å². The Morgan fingerprint density at radius 3 is 2.70 bits per heavy atom. The number of piperazine rings is 1. The van der Waals surface area contributed by atoms with Crippen LogP contribution in [0.5, 0.6) is 0 Å². The lowest BCUT2D eigenvalue weighted by molar-refractivity contribution is 0.0996. The van der Waals surface area contributed by atoms with Gasteiger partial charge in [-0.2, -0.15) is 4.98 Å². The van der Waals surface area contributed by atoms with Crippen LogP contribution < -0.4 is 32.1 Å². The highest BCUT2D eigenvalue weighted by Crippen LogP contribution is 2.31. The third-order valence-corrected chi connectivity index (χ3v) is 5.33. The average Bonchev–Trinajstić information content (AvgIpc) is 3.41. The number of aromatic nitrogens is 1. The molecular weight excluding hydrogens is 382 g/mol. The summed E-state index contributed by atoms with van der Waals surface area (Å²) in [5.74, 6) is -0.267. The van der Waals surface area contributed by atoms with Gasteiger partial charge < -0.3 is 31.1 Å². The molecule has 0 aliphatic carbocycles. The standard InChI is InChI=1S/C21H23N7O2/c22-20(29)18-19(13-1-4-16(5-2-13)28-9-7-23-8-10-28)30-21(26-18)25-15-3-6-17-14(11-15)12-24-27-17/h1-6,11,23-24,27H,7-10,12H2,(H2,22,29)(H,25,26). The van der Waals surface area contributed by atoms with Crippen LogP contribution in [-0.4, -0.2) is 37.1 Å². The Bertz CT molecular complexity index is 1070. The predicted octanol–water partition coefficient (Wildman–Crippen LogP) is 2.02. The largest absolute Gasteiger partial charge is 0.422 e. The first-order chi connectivity index (χ1) is 14.7. The molecule has 0 unspecified atom stereocenters. The van der Waals surface area contributed by atoms with Gasteiger partial charge in [-0.3, -0.25) is 4.79 Å². The van der Waals surface area contributed by atoms with Crippen LogP contribution in [0.4, 0.5) is 23.1 Å². The number of hydrazine groups is 1. The molecule has 1 amide bonds. The molecule has 9 heteroatoms. The van der Waals surface area contributed by atoms with Crippen LogP contribution in [0.2, 0.25) is 0 Å². The molecule has 0 bridgehead atoms. The van der Waals surface area contributed by atoms with E-state index in [1.807, 2.05) is 42.5 Å². The molecular formula is C21H23N7O2. The molecule has 1 fully saturated rings. The van der Waals surface area contributed by atoms with Crippen LogP contribution in [-0.2, 0) is 6.54 Å². The normalized spacial score (nSPS) is 15.5. The van der Waals surface area contributed by atoms with E-state index in [0.717, 1.165) is 60.9 Å². The molecule has 0 saturated carbocycles. The third-order valence-electron chi connectivity index (χ3n) is 5.33. The number of hydrogen-bond donors (Lipinski definition) is 5. The number of nitrogens with two attached hydrogens (primary N) is 1. The molecule has 2 aliphatic heterocycles. The Labute approximate surface area is 173 Å². The Hall–Kier alpha value is -3.56. The second kappa shape index (κ2) is 7.69. The fourth-order valence-electron chi connectivity index (χ4n) is 3.78. The summed E-state index contributed by atoms with van der Waals surface area (Å²) in [4.78, 5) is 18.6. The Morgan fingerprint density at radius 2 is 1.93 bits per heavy atom. The number of nitrogens with zero attached hydrogens (tertiary/aromatic N) is 2. The molecule has 2 aromatic carbocycles. The highest BCUT2D eigenvalue weighted by atomic mass is 16.4. The van der Waals surface area contributed by atoms with E-state index >= 15 is 0 Å². The maximum Gasteiger partial charge on any atom is 0.300 e. The van der Waals surface area contributed by atoms with Gasteiger partial charge >= 0.3 is 0 Å². The number of hydrogen-bond acceptors (Lipinski definition) is 8. The zero-order valence-electron chi connectivity index (χ0n) is 16.4. The summed E-state index contributed by atoms with van der Waals surface area (Å²) >= 11 is 0. The van der Waals surface area contributed by atoms with Crippen molar-refractivity contribution in [3.05, 3.63) is 53.7 Å². The summed E-state index contributed by atoms with van der Waals surface area (Å²) in [6.07, 6.45) is 0. The van der Waals surface area contributed by atoms with E-state index < -0.39 is 5.91 Å². The van der Waals surface area contributed by atoms with E-state index in [4.69, 9.17) is 10.2 Å². The van der Waals surface area contributed by atoms with Crippen molar-refractivity contribution >= 4 is 29.0 Å². The SMILES string of the molecule is NC(=O)c1nc(Nc2ccc3c(c2)CNN3)oc1-c1ccc(N2CCNCC2)cc1. The maximum atomic E-state index is 12.0. The fraction of sp³-hybridized carbons (Fsp3) is 0.238. The zero-order valence-corrected chi connectivity index (χ0v) is 16.4. The van der Waals surface area contributed by atoms with Gasteiger partial charge in [0.2, 0.25) is 0 Å². The molecule has 2 aliphatic rings. The van der Waals surface area contributed by atoms with Crippen LogP contribution in [0.25, 0.3) is 11.3 Å². The quantitative estimate of drug-likeness (QED) is 0.437. The first-order valence-electron chi connectivity index (χ1n) is 9.93. The lowest BCUT2D eigenvalue weighted by atomic mass is 10.1. The van der Waals surface area contributed by atoms with Crippen molar-refractivity contribution in [3.63, 3.8) is 0 Å². The highest BCUT2D eigenvalue weighted by molar-refractivity contribution is 5.97. The Kier molecular flexibility index (Phi) is 4.74. The molecule has 3 heterocycles. The number of carbonyl (C=O) groups is 1. The van der Waals surface area contributed by atoms with E-state index in [1.165, 1.54) is 0 Å². The Balaban J connectivity index is 1.40. The first-order valence-corrected chi connectivity index (χ1v) is 9.93.